The Bertz CT molecular complexity index is 960. The van der Waals surface area contributed by atoms with E-state index in [0.717, 1.165) is 18.1 Å². The number of nitrogens with zero attached hydrogens (tertiary/aromatic N) is 1. The number of rotatable bonds is 1. The molecule has 7 heteroatoms. The molecule has 5 rings (SSSR count). The summed E-state index contributed by atoms with van der Waals surface area (Å²) in [5.74, 6) is -0.703. The summed E-state index contributed by atoms with van der Waals surface area (Å²) < 4.78 is 39.2. The summed E-state index contributed by atoms with van der Waals surface area (Å²) in [6.45, 7) is 0.254. The third-order valence-electron chi connectivity index (χ3n) is 6.04. The second-order valence-electron chi connectivity index (χ2n) is 7.76. The summed E-state index contributed by atoms with van der Waals surface area (Å²) in [6.07, 6.45) is 1.41. The van der Waals surface area contributed by atoms with Crippen molar-refractivity contribution in [1.29, 1.82) is 0 Å². The molecular formula is C21H20F2N2O3. The fraction of sp³-hybridized carbons (Fsp3) is 0.381. The van der Waals surface area contributed by atoms with Crippen molar-refractivity contribution in [2.75, 3.05) is 6.61 Å². The first kappa shape index (κ1) is 17.4. The molecular weight excluding hydrogens is 366 g/mol. The fourth-order valence-corrected chi connectivity index (χ4v) is 4.77. The number of halogens is 2. The lowest BCUT2D eigenvalue weighted by molar-refractivity contribution is -0.0359. The smallest absolute Gasteiger partial charge is 0.283 e. The fourth-order valence-electron chi connectivity index (χ4n) is 4.77. The molecule has 146 valence electrons. The Morgan fingerprint density at radius 3 is 2.57 bits per heavy atom. The number of nitrogens with two attached hydrogens (primary N) is 1. The number of aliphatic hydroxyl groups is 1. The Kier molecular flexibility index (Phi) is 3.84. The van der Waals surface area contributed by atoms with E-state index in [4.69, 9.17) is 15.2 Å². The van der Waals surface area contributed by atoms with Gasteiger partial charge in [-0.2, -0.15) is 0 Å². The molecule has 1 unspecified atom stereocenters. The van der Waals surface area contributed by atoms with E-state index in [1.165, 1.54) is 12.1 Å². The van der Waals surface area contributed by atoms with E-state index in [9.17, 15) is 13.9 Å². The normalized spacial score (nSPS) is 30.8. The number of ether oxygens (including phenoxy) is 2. The number of fused-ring (bicyclic) bond motifs is 4. The molecule has 0 bridgehead atoms. The summed E-state index contributed by atoms with van der Waals surface area (Å²) >= 11 is 0. The van der Waals surface area contributed by atoms with E-state index in [0.29, 0.717) is 29.7 Å². The van der Waals surface area contributed by atoms with Gasteiger partial charge in [-0.15, -0.1) is 0 Å². The second-order valence-corrected chi connectivity index (χ2v) is 7.76. The Hall–Kier alpha value is -2.67. The molecule has 2 aromatic carbocycles. The van der Waals surface area contributed by atoms with Crippen LogP contribution in [0, 0.1) is 17.6 Å². The summed E-state index contributed by atoms with van der Waals surface area (Å²) in [7, 11) is 0. The van der Waals surface area contributed by atoms with E-state index in [1.807, 2.05) is 6.07 Å². The lowest BCUT2D eigenvalue weighted by Gasteiger charge is -2.47. The van der Waals surface area contributed by atoms with Crippen LogP contribution in [0.5, 0.6) is 5.75 Å². The number of aliphatic imine (C=N–C) groups is 1. The molecule has 4 atom stereocenters. The van der Waals surface area contributed by atoms with Crippen molar-refractivity contribution in [3.05, 3.63) is 53.6 Å². The van der Waals surface area contributed by atoms with Gasteiger partial charge in [0, 0.05) is 17.5 Å². The molecule has 3 aliphatic rings. The largest absolute Gasteiger partial charge is 0.490 e. The topological polar surface area (TPSA) is 77.1 Å². The highest BCUT2D eigenvalue weighted by Crippen LogP contribution is 2.53. The van der Waals surface area contributed by atoms with E-state index in [1.54, 1.807) is 12.1 Å². The molecule has 1 spiro atoms. The van der Waals surface area contributed by atoms with E-state index in [2.05, 4.69) is 4.99 Å². The van der Waals surface area contributed by atoms with Gasteiger partial charge in [-0.3, -0.25) is 0 Å². The third-order valence-corrected chi connectivity index (χ3v) is 6.04. The molecule has 3 N–H and O–H groups in total. The summed E-state index contributed by atoms with van der Waals surface area (Å²) in [5.41, 5.74) is 6.94. The van der Waals surface area contributed by atoms with Crippen molar-refractivity contribution >= 4 is 6.02 Å². The van der Waals surface area contributed by atoms with Gasteiger partial charge < -0.3 is 20.3 Å². The minimum absolute atomic E-state index is 0.0911. The first-order chi connectivity index (χ1) is 13.4. The Morgan fingerprint density at radius 1 is 1.07 bits per heavy atom. The molecule has 1 saturated carbocycles. The molecule has 0 aromatic heterocycles. The summed E-state index contributed by atoms with van der Waals surface area (Å²) in [4.78, 5) is 4.64. The molecule has 1 fully saturated rings. The molecule has 2 heterocycles. The van der Waals surface area contributed by atoms with Gasteiger partial charge in [0.15, 0.2) is 0 Å². The lowest BCUT2D eigenvalue weighted by atomic mass is 9.67. The van der Waals surface area contributed by atoms with Crippen molar-refractivity contribution in [2.45, 2.75) is 37.0 Å². The highest BCUT2D eigenvalue weighted by atomic mass is 19.1. The highest BCUT2D eigenvalue weighted by Gasteiger charge is 2.55. The summed E-state index contributed by atoms with van der Waals surface area (Å²) in [5, 5.41) is 10.2. The van der Waals surface area contributed by atoms with Gasteiger partial charge >= 0.3 is 0 Å². The average Bonchev–Trinajstić information content (AvgIpc) is 3.04. The predicted octanol–water partition coefficient (Wildman–Crippen LogP) is 3.09. The second kappa shape index (κ2) is 6.17. The van der Waals surface area contributed by atoms with Crippen LogP contribution < -0.4 is 10.5 Å². The monoisotopic (exact) mass is 386 g/mol. The van der Waals surface area contributed by atoms with Crippen LogP contribution in [0.4, 0.5) is 8.78 Å². The Labute approximate surface area is 160 Å². The minimum atomic E-state index is -0.772. The van der Waals surface area contributed by atoms with Crippen LogP contribution in [-0.4, -0.2) is 29.9 Å². The van der Waals surface area contributed by atoms with Gasteiger partial charge in [-0.1, -0.05) is 6.07 Å². The molecule has 0 radical (unpaired) electrons. The molecule has 28 heavy (non-hydrogen) atoms. The van der Waals surface area contributed by atoms with Crippen LogP contribution in [0.2, 0.25) is 0 Å². The molecule has 0 saturated heterocycles. The van der Waals surface area contributed by atoms with E-state index >= 15 is 0 Å². The van der Waals surface area contributed by atoms with Gasteiger partial charge in [0.2, 0.25) is 0 Å². The van der Waals surface area contributed by atoms with Gasteiger partial charge in [0.25, 0.3) is 6.02 Å². The maximum atomic E-state index is 13.7. The SMILES string of the molecule is NC1=NC2(CO1)c1cc(-c3cc(F)cc(F)c3)ccc1O[C@H]1CC[C@H](O)C[C@@H]12. The van der Waals surface area contributed by atoms with Crippen LogP contribution in [0.1, 0.15) is 24.8 Å². The Balaban J connectivity index is 1.67. The van der Waals surface area contributed by atoms with Crippen molar-refractivity contribution in [2.24, 2.45) is 16.6 Å². The molecule has 2 aromatic rings. The van der Waals surface area contributed by atoms with Crippen molar-refractivity contribution < 1.29 is 23.4 Å². The first-order valence-electron chi connectivity index (χ1n) is 9.38. The molecule has 1 aliphatic carbocycles. The molecule has 2 aliphatic heterocycles. The number of hydrogen-bond acceptors (Lipinski definition) is 5. The summed E-state index contributed by atoms with van der Waals surface area (Å²) in [6, 6.07) is 8.95. The number of benzene rings is 2. The van der Waals surface area contributed by atoms with E-state index in [-0.39, 0.29) is 24.7 Å². The van der Waals surface area contributed by atoms with Crippen LogP contribution in [0.25, 0.3) is 11.1 Å². The quantitative estimate of drug-likeness (QED) is 0.790. The van der Waals surface area contributed by atoms with Crippen LogP contribution in [-0.2, 0) is 10.3 Å². The minimum Gasteiger partial charge on any atom is -0.490 e. The maximum Gasteiger partial charge on any atom is 0.283 e. The number of amidine groups is 1. The first-order valence-corrected chi connectivity index (χ1v) is 9.38. The van der Waals surface area contributed by atoms with Crippen LogP contribution >= 0.6 is 0 Å². The predicted molar refractivity (Wildman–Crippen MR) is 98.8 cm³/mol. The highest BCUT2D eigenvalue weighted by molar-refractivity contribution is 5.75. The molecule has 5 nitrogen and oxygen atoms in total. The zero-order chi connectivity index (χ0) is 19.5. The van der Waals surface area contributed by atoms with Gasteiger partial charge in [-0.05, 0) is 54.7 Å². The zero-order valence-electron chi connectivity index (χ0n) is 15.1. The molecule has 0 amide bonds. The standard InChI is InChI=1S/C21H20F2N2O3/c22-13-5-12(6-14(23)8-13)11-1-3-18-16(7-11)21(10-27-20(24)25-21)17-9-15(26)2-4-19(17)28-18/h1,3,5-8,15,17,19,26H,2,4,9-10H2,(H2,24,25)/t15-,17-,19-,21?/m0/s1. The van der Waals surface area contributed by atoms with Crippen LogP contribution in [0.15, 0.2) is 41.4 Å². The third kappa shape index (κ3) is 2.64. The van der Waals surface area contributed by atoms with Crippen molar-refractivity contribution in [3.8, 4) is 16.9 Å². The van der Waals surface area contributed by atoms with Crippen molar-refractivity contribution in [3.63, 3.8) is 0 Å². The van der Waals surface area contributed by atoms with Gasteiger partial charge in [0.05, 0.1) is 6.10 Å². The average molecular weight is 386 g/mol. The Morgan fingerprint density at radius 2 is 1.86 bits per heavy atom. The van der Waals surface area contributed by atoms with Gasteiger partial charge in [0.1, 0.15) is 35.6 Å². The lowest BCUT2D eigenvalue weighted by Crippen LogP contribution is -2.51. The number of hydrogen-bond donors (Lipinski definition) is 2. The zero-order valence-corrected chi connectivity index (χ0v) is 15.1. The van der Waals surface area contributed by atoms with E-state index < -0.39 is 23.3 Å². The number of aliphatic hydroxyl groups excluding tert-OH is 1. The van der Waals surface area contributed by atoms with Crippen LogP contribution in [0.3, 0.4) is 0 Å². The maximum absolute atomic E-state index is 13.7. The van der Waals surface area contributed by atoms with Gasteiger partial charge in [-0.25, -0.2) is 13.8 Å². The van der Waals surface area contributed by atoms with Crippen molar-refractivity contribution in [1.82, 2.24) is 0 Å².